The Bertz CT molecular complexity index is 420. The predicted molar refractivity (Wildman–Crippen MR) is 70.3 cm³/mol. The fourth-order valence-electron chi connectivity index (χ4n) is 1.30. The van der Waals surface area contributed by atoms with Crippen molar-refractivity contribution in [3.63, 3.8) is 0 Å². The van der Waals surface area contributed by atoms with Crippen molar-refractivity contribution >= 4 is 23.6 Å². The van der Waals surface area contributed by atoms with Gasteiger partial charge in [0.1, 0.15) is 6.04 Å². The Labute approximate surface area is 110 Å². The number of hydrogen-bond donors (Lipinski definition) is 3. The summed E-state index contributed by atoms with van der Waals surface area (Å²) in [7, 11) is 0. The number of carbonyl (C=O) groups excluding carboxylic acids is 1. The van der Waals surface area contributed by atoms with Crippen LogP contribution in [0.4, 0.5) is 0 Å². The van der Waals surface area contributed by atoms with Gasteiger partial charge in [-0.2, -0.15) is 0 Å². The summed E-state index contributed by atoms with van der Waals surface area (Å²) in [6, 6.07) is 6.63. The second kappa shape index (κ2) is 7.03. The van der Waals surface area contributed by atoms with Gasteiger partial charge in [0.05, 0.1) is 6.42 Å². The molecule has 0 heterocycles. The van der Waals surface area contributed by atoms with Crippen LogP contribution in [0, 0.1) is 0 Å². The van der Waals surface area contributed by atoms with E-state index >= 15 is 0 Å². The summed E-state index contributed by atoms with van der Waals surface area (Å²) in [6.07, 6.45) is 1.78. The third-order valence-corrected chi connectivity index (χ3v) is 3.11. The van der Waals surface area contributed by atoms with Gasteiger partial charge in [-0.3, -0.25) is 9.59 Å². The molecule has 0 saturated carbocycles. The van der Waals surface area contributed by atoms with E-state index in [1.54, 1.807) is 11.8 Å². The van der Waals surface area contributed by atoms with Gasteiger partial charge in [-0.15, -0.1) is 11.8 Å². The van der Waals surface area contributed by atoms with Crippen molar-refractivity contribution in [2.24, 2.45) is 5.73 Å². The molecule has 0 aromatic heterocycles. The van der Waals surface area contributed by atoms with E-state index in [2.05, 4.69) is 5.32 Å². The summed E-state index contributed by atoms with van der Waals surface area (Å²) in [6.45, 7) is 0.375. The lowest BCUT2D eigenvalue weighted by Crippen LogP contribution is -2.36. The smallest absolute Gasteiger partial charge is 0.321 e. The predicted octanol–water partition coefficient (Wildman–Crippen LogP) is 0.827. The number of benzene rings is 1. The molecule has 1 rings (SSSR count). The van der Waals surface area contributed by atoms with Crippen LogP contribution in [0.5, 0.6) is 0 Å². The quantitative estimate of drug-likeness (QED) is 0.664. The Morgan fingerprint density at radius 2 is 2.00 bits per heavy atom. The van der Waals surface area contributed by atoms with Crippen LogP contribution >= 0.6 is 11.8 Å². The number of amides is 1. The van der Waals surface area contributed by atoms with Crippen LogP contribution in [0.1, 0.15) is 12.0 Å². The number of carbonyl (C=O) groups is 2. The van der Waals surface area contributed by atoms with E-state index in [4.69, 9.17) is 10.8 Å². The molecule has 1 aromatic carbocycles. The minimum Gasteiger partial charge on any atom is -0.480 e. The summed E-state index contributed by atoms with van der Waals surface area (Å²) in [4.78, 5) is 23.0. The minimum absolute atomic E-state index is 0.210. The third kappa shape index (κ3) is 4.77. The fraction of sp³-hybridized carbons (Fsp3) is 0.333. The zero-order valence-corrected chi connectivity index (χ0v) is 10.9. The van der Waals surface area contributed by atoms with Gasteiger partial charge in [-0.25, -0.2) is 0 Å². The average Bonchev–Trinajstić information content (AvgIpc) is 2.36. The van der Waals surface area contributed by atoms with Crippen LogP contribution in [0.15, 0.2) is 29.2 Å². The molecule has 0 radical (unpaired) electrons. The van der Waals surface area contributed by atoms with Gasteiger partial charge in [0.25, 0.3) is 0 Å². The molecule has 6 heteroatoms. The van der Waals surface area contributed by atoms with Gasteiger partial charge in [0.2, 0.25) is 5.91 Å². The van der Waals surface area contributed by atoms with Crippen molar-refractivity contribution in [2.45, 2.75) is 23.9 Å². The van der Waals surface area contributed by atoms with Crippen molar-refractivity contribution in [3.8, 4) is 0 Å². The summed E-state index contributed by atoms with van der Waals surface area (Å²) in [5.41, 5.74) is 6.22. The third-order valence-electron chi connectivity index (χ3n) is 2.37. The molecule has 0 spiro atoms. The van der Waals surface area contributed by atoms with E-state index in [0.29, 0.717) is 6.54 Å². The Balaban J connectivity index is 2.40. The number of rotatable bonds is 6. The van der Waals surface area contributed by atoms with E-state index in [1.165, 1.54) is 0 Å². The second-order valence-electron chi connectivity index (χ2n) is 3.77. The van der Waals surface area contributed by atoms with Gasteiger partial charge >= 0.3 is 5.97 Å². The first-order valence-corrected chi connectivity index (χ1v) is 6.63. The van der Waals surface area contributed by atoms with Gasteiger partial charge in [0, 0.05) is 11.4 Å². The van der Waals surface area contributed by atoms with Crippen molar-refractivity contribution in [3.05, 3.63) is 29.8 Å². The van der Waals surface area contributed by atoms with Gasteiger partial charge < -0.3 is 16.2 Å². The topological polar surface area (TPSA) is 92.4 Å². The maximum absolute atomic E-state index is 11.4. The molecule has 0 aliphatic carbocycles. The molecule has 0 aliphatic heterocycles. The molecule has 18 heavy (non-hydrogen) atoms. The molecular formula is C12H16N2O3S. The molecule has 0 bridgehead atoms. The molecule has 1 amide bonds. The first-order chi connectivity index (χ1) is 8.52. The number of nitrogens with two attached hydrogens (primary N) is 1. The number of carboxylic acids is 1. The Hall–Kier alpha value is -1.53. The van der Waals surface area contributed by atoms with Crippen LogP contribution in [0.3, 0.4) is 0 Å². The highest BCUT2D eigenvalue weighted by molar-refractivity contribution is 7.98. The highest BCUT2D eigenvalue weighted by Crippen LogP contribution is 2.14. The van der Waals surface area contributed by atoms with E-state index in [0.717, 1.165) is 10.5 Å². The number of nitrogens with one attached hydrogen (secondary N) is 1. The second-order valence-corrected chi connectivity index (χ2v) is 4.65. The zero-order valence-electron chi connectivity index (χ0n) is 10.1. The monoisotopic (exact) mass is 268 g/mol. The number of carboxylic acid groups (broad SMARTS) is 1. The highest BCUT2D eigenvalue weighted by Gasteiger charge is 2.15. The zero-order chi connectivity index (χ0) is 13.5. The van der Waals surface area contributed by atoms with Gasteiger partial charge in [-0.05, 0) is 24.0 Å². The molecule has 1 unspecified atom stereocenters. The molecule has 98 valence electrons. The average molecular weight is 268 g/mol. The molecule has 0 fully saturated rings. The van der Waals surface area contributed by atoms with Crippen molar-refractivity contribution in [1.29, 1.82) is 0 Å². The molecule has 0 saturated heterocycles. The Kier molecular flexibility index (Phi) is 5.67. The van der Waals surface area contributed by atoms with Crippen molar-refractivity contribution in [1.82, 2.24) is 5.32 Å². The van der Waals surface area contributed by atoms with Crippen LogP contribution in [0.25, 0.3) is 0 Å². The van der Waals surface area contributed by atoms with E-state index in [-0.39, 0.29) is 12.3 Å². The van der Waals surface area contributed by atoms with Crippen LogP contribution < -0.4 is 11.1 Å². The van der Waals surface area contributed by atoms with Crippen molar-refractivity contribution < 1.29 is 14.7 Å². The maximum Gasteiger partial charge on any atom is 0.321 e. The van der Waals surface area contributed by atoms with E-state index in [1.807, 2.05) is 30.5 Å². The number of hydrogen-bond acceptors (Lipinski definition) is 4. The Morgan fingerprint density at radius 1 is 1.39 bits per heavy atom. The normalized spacial score (nSPS) is 11.9. The lowest BCUT2D eigenvalue weighted by Gasteiger charge is -2.08. The lowest BCUT2D eigenvalue weighted by atomic mass is 10.2. The fourth-order valence-corrected chi connectivity index (χ4v) is 1.71. The molecular weight excluding hydrogens is 252 g/mol. The lowest BCUT2D eigenvalue weighted by molar-refractivity contribution is -0.140. The summed E-state index contributed by atoms with van der Waals surface area (Å²) >= 11 is 1.64. The van der Waals surface area contributed by atoms with Gasteiger partial charge in [0.15, 0.2) is 0 Å². The molecule has 4 N–H and O–H groups in total. The van der Waals surface area contributed by atoms with Crippen LogP contribution in [-0.4, -0.2) is 29.3 Å². The number of thioether (sulfide) groups is 1. The molecule has 1 aromatic rings. The SMILES string of the molecule is CSc1ccc(CNC(=O)CC(N)C(=O)O)cc1. The highest BCUT2D eigenvalue weighted by atomic mass is 32.2. The molecule has 0 aliphatic rings. The summed E-state index contributed by atoms with van der Waals surface area (Å²) < 4.78 is 0. The van der Waals surface area contributed by atoms with E-state index in [9.17, 15) is 9.59 Å². The largest absolute Gasteiger partial charge is 0.480 e. The minimum atomic E-state index is -1.17. The number of aliphatic carboxylic acids is 1. The van der Waals surface area contributed by atoms with Crippen LogP contribution in [-0.2, 0) is 16.1 Å². The molecule has 1 atom stereocenters. The maximum atomic E-state index is 11.4. The summed E-state index contributed by atoms with van der Waals surface area (Å²) in [5.74, 6) is -1.53. The standard InChI is InChI=1S/C12H16N2O3S/c1-18-9-4-2-8(3-5-9)7-14-11(15)6-10(13)12(16)17/h2-5,10H,6-7,13H2,1H3,(H,14,15)(H,16,17). The van der Waals surface area contributed by atoms with Gasteiger partial charge in [-0.1, -0.05) is 12.1 Å². The Morgan fingerprint density at radius 3 is 2.50 bits per heavy atom. The first kappa shape index (κ1) is 14.5. The van der Waals surface area contributed by atoms with Crippen LogP contribution in [0.2, 0.25) is 0 Å². The molecule has 5 nitrogen and oxygen atoms in total. The summed E-state index contributed by atoms with van der Waals surface area (Å²) in [5, 5.41) is 11.2. The first-order valence-electron chi connectivity index (χ1n) is 5.41. The van der Waals surface area contributed by atoms with E-state index < -0.39 is 12.0 Å². The van der Waals surface area contributed by atoms with Crippen molar-refractivity contribution in [2.75, 3.05) is 6.26 Å².